The molecule has 1 amide bonds. The van der Waals surface area contributed by atoms with Gasteiger partial charge in [-0.1, -0.05) is 12.1 Å². The van der Waals surface area contributed by atoms with Gasteiger partial charge in [0.05, 0.1) is 0 Å². The summed E-state index contributed by atoms with van der Waals surface area (Å²) in [6, 6.07) is 5.02. The van der Waals surface area contributed by atoms with Gasteiger partial charge in [0.15, 0.2) is 0 Å². The Hall–Kier alpha value is -1.38. The molecule has 0 spiro atoms. The highest BCUT2D eigenvalue weighted by Gasteiger charge is 2.16. The first-order valence-corrected chi connectivity index (χ1v) is 4.27. The Morgan fingerprint density at radius 1 is 1.46 bits per heavy atom. The molecular formula is C10H10FNO. The minimum Gasteiger partial charge on any atom is -0.341 e. The molecule has 1 heterocycles. The van der Waals surface area contributed by atoms with Crippen LogP contribution in [0.5, 0.6) is 0 Å². The number of hydrogen-bond acceptors (Lipinski definition) is 1. The van der Waals surface area contributed by atoms with Crippen molar-refractivity contribution < 1.29 is 9.18 Å². The first-order chi connectivity index (χ1) is 6.31. The van der Waals surface area contributed by atoms with Crippen molar-refractivity contribution in [3.63, 3.8) is 0 Å². The van der Waals surface area contributed by atoms with E-state index < -0.39 is 0 Å². The number of rotatable bonds is 1. The lowest BCUT2D eigenvalue weighted by Gasteiger charge is -2.25. The molecule has 0 aromatic heterocycles. The molecule has 13 heavy (non-hydrogen) atoms. The van der Waals surface area contributed by atoms with Gasteiger partial charge in [0.25, 0.3) is 0 Å². The fourth-order valence-electron chi connectivity index (χ4n) is 1.67. The average Bonchev–Trinajstić information content (AvgIpc) is 2.18. The molecule has 0 saturated carbocycles. The summed E-state index contributed by atoms with van der Waals surface area (Å²) in [6.07, 6.45) is 1.44. The second-order valence-electron chi connectivity index (χ2n) is 3.20. The largest absolute Gasteiger partial charge is 0.341 e. The third kappa shape index (κ3) is 1.41. The molecular weight excluding hydrogens is 169 g/mol. The normalized spacial score (nSPS) is 15.3. The summed E-state index contributed by atoms with van der Waals surface area (Å²) in [4.78, 5) is 12.1. The van der Waals surface area contributed by atoms with Crippen LogP contribution < -0.4 is 0 Å². The second-order valence-corrected chi connectivity index (χ2v) is 3.20. The molecule has 0 unspecified atom stereocenters. The first kappa shape index (κ1) is 8.23. The summed E-state index contributed by atoms with van der Waals surface area (Å²) in [7, 11) is 0. The number of carbonyl (C=O) groups excluding carboxylic acids is 1. The third-order valence-electron chi connectivity index (χ3n) is 2.39. The molecule has 0 saturated heterocycles. The third-order valence-corrected chi connectivity index (χ3v) is 2.39. The van der Waals surface area contributed by atoms with Crippen LogP contribution in [0.1, 0.15) is 11.1 Å². The molecule has 0 bridgehead atoms. The van der Waals surface area contributed by atoms with Gasteiger partial charge >= 0.3 is 0 Å². The van der Waals surface area contributed by atoms with Crippen molar-refractivity contribution in [2.45, 2.75) is 13.0 Å². The zero-order valence-corrected chi connectivity index (χ0v) is 7.16. The number of nitrogens with zero attached hydrogens (tertiary/aromatic N) is 1. The summed E-state index contributed by atoms with van der Waals surface area (Å²) in [6.45, 7) is 1.16. The molecule has 0 fully saturated rings. The summed E-state index contributed by atoms with van der Waals surface area (Å²) in [5.74, 6) is -0.150. The molecule has 1 aliphatic rings. The summed E-state index contributed by atoms with van der Waals surface area (Å²) in [5, 5.41) is 0. The van der Waals surface area contributed by atoms with Gasteiger partial charge in [-0.05, 0) is 23.6 Å². The van der Waals surface area contributed by atoms with Gasteiger partial charge < -0.3 is 4.90 Å². The Labute approximate surface area is 76.0 Å². The summed E-state index contributed by atoms with van der Waals surface area (Å²) < 4.78 is 13.2. The second kappa shape index (κ2) is 3.17. The van der Waals surface area contributed by atoms with Crippen LogP contribution in [0.2, 0.25) is 0 Å². The van der Waals surface area contributed by atoms with Crippen LogP contribution in [-0.2, 0) is 17.8 Å². The lowest BCUT2D eigenvalue weighted by molar-refractivity contribution is -0.118. The number of amides is 1. The van der Waals surface area contributed by atoms with E-state index in [-0.39, 0.29) is 5.82 Å². The number of halogens is 1. The van der Waals surface area contributed by atoms with Crippen molar-refractivity contribution in [2.75, 3.05) is 6.54 Å². The van der Waals surface area contributed by atoms with Crippen molar-refractivity contribution >= 4 is 6.41 Å². The maximum atomic E-state index is 13.2. The van der Waals surface area contributed by atoms with Crippen LogP contribution in [0.25, 0.3) is 0 Å². The molecule has 1 aliphatic heterocycles. The molecule has 2 rings (SSSR count). The quantitative estimate of drug-likeness (QED) is 0.596. The van der Waals surface area contributed by atoms with E-state index in [9.17, 15) is 9.18 Å². The molecule has 1 aromatic rings. The van der Waals surface area contributed by atoms with Gasteiger partial charge in [0.1, 0.15) is 5.82 Å². The fraction of sp³-hybridized carbons (Fsp3) is 0.300. The number of fused-ring (bicyclic) bond motifs is 1. The van der Waals surface area contributed by atoms with E-state index in [1.807, 2.05) is 6.07 Å². The number of benzene rings is 1. The van der Waals surface area contributed by atoms with Crippen molar-refractivity contribution in [2.24, 2.45) is 0 Å². The van der Waals surface area contributed by atoms with Crippen molar-refractivity contribution in [3.05, 3.63) is 35.1 Å². The monoisotopic (exact) mass is 179 g/mol. The van der Waals surface area contributed by atoms with Gasteiger partial charge in [-0.2, -0.15) is 0 Å². The van der Waals surface area contributed by atoms with Gasteiger partial charge in [-0.25, -0.2) is 4.39 Å². The van der Waals surface area contributed by atoms with Crippen LogP contribution >= 0.6 is 0 Å². The Bertz CT molecular complexity index is 338. The fourth-order valence-corrected chi connectivity index (χ4v) is 1.67. The minimum atomic E-state index is -0.150. The maximum Gasteiger partial charge on any atom is 0.210 e. The smallest absolute Gasteiger partial charge is 0.210 e. The molecule has 1 aromatic carbocycles. The lowest BCUT2D eigenvalue weighted by atomic mass is 10.00. The predicted octanol–water partition coefficient (Wildman–Crippen LogP) is 1.34. The van der Waals surface area contributed by atoms with Gasteiger partial charge in [0.2, 0.25) is 6.41 Å². The zero-order valence-electron chi connectivity index (χ0n) is 7.16. The van der Waals surface area contributed by atoms with Gasteiger partial charge in [-0.15, -0.1) is 0 Å². The van der Waals surface area contributed by atoms with Crippen LogP contribution in [0, 0.1) is 5.82 Å². The van der Waals surface area contributed by atoms with E-state index in [0.29, 0.717) is 19.5 Å². The van der Waals surface area contributed by atoms with Crippen molar-refractivity contribution in [1.82, 2.24) is 4.90 Å². The van der Waals surface area contributed by atoms with E-state index in [4.69, 9.17) is 0 Å². The van der Waals surface area contributed by atoms with Gasteiger partial charge in [0, 0.05) is 13.1 Å². The molecule has 0 N–H and O–H groups in total. The molecule has 0 radical (unpaired) electrons. The van der Waals surface area contributed by atoms with E-state index in [1.165, 1.54) is 6.07 Å². The van der Waals surface area contributed by atoms with Crippen LogP contribution in [0.15, 0.2) is 18.2 Å². The SMILES string of the molecule is O=CN1CCc2c(F)cccc2C1. The molecule has 0 atom stereocenters. The topological polar surface area (TPSA) is 20.3 Å². The van der Waals surface area contributed by atoms with Crippen LogP contribution in [-0.4, -0.2) is 17.9 Å². The van der Waals surface area contributed by atoms with E-state index in [2.05, 4.69) is 0 Å². The number of carbonyl (C=O) groups is 1. The predicted molar refractivity (Wildman–Crippen MR) is 46.6 cm³/mol. The highest BCUT2D eigenvalue weighted by molar-refractivity contribution is 5.49. The van der Waals surface area contributed by atoms with E-state index >= 15 is 0 Å². The zero-order chi connectivity index (χ0) is 9.26. The maximum absolute atomic E-state index is 13.2. The number of hydrogen-bond donors (Lipinski definition) is 0. The Kier molecular flexibility index (Phi) is 2.00. The van der Waals surface area contributed by atoms with Crippen molar-refractivity contribution in [3.8, 4) is 0 Å². The van der Waals surface area contributed by atoms with Crippen LogP contribution in [0.4, 0.5) is 4.39 Å². The van der Waals surface area contributed by atoms with E-state index in [0.717, 1.165) is 17.5 Å². The molecule has 68 valence electrons. The van der Waals surface area contributed by atoms with E-state index in [1.54, 1.807) is 11.0 Å². The van der Waals surface area contributed by atoms with Gasteiger partial charge in [-0.3, -0.25) is 4.79 Å². The highest BCUT2D eigenvalue weighted by atomic mass is 19.1. The highest BCUT2D eigenvalue weighted by Crippen LogP contribution is 2.20. The summed E-state index contributed by atoms with van der Waals surface area (Å²) in [5.41, 5.74) is 1.69. The standard InChI is InChI=1S/C10H10FNO/c11-10-3-1-2-8-6-12(7-13)5-4-9(8)10/h1-3,7H,4-6H2. The average molecular weight is 179 g/mol. The van der Waals surface area contributed by atoms with Crippen LogP contribution in [0.3, 0.4) is 0 Å². The Morgan fingerprint density at radius 3 is 3.08 bits per heavy atom. The molecule has 3 heteroatoms. The Balaban J connectivity index is 2.36. The minimum absolute atomic E-state index is 0.150. The molecule has 2 nitrogen and oxygen atoms in total. The first-order valence-electron chi connectivity index (χ1n) is 4.27. The Morgan fingerprint density at radius 2 is 2.31 bits per heavy atom. The summed E-state index contributed by atoms with van der Waals surface area (Å²) >= 11 is 0. The molecule has 0 aliphatic carbocycles. The van der Waals surface area contributed by atoms with Crippen molar-refractivity contribution in [1.29, 1.82) is 0 Å². The lowest BCUT2D eigenvalue weighted by Crippen LogP contribution is -2.29.